The van der Waals surface area contributed by atoms with Crippen molar-refractivity contribution in [1.82, 2.24) is 4.98 Å². The number of carbonyl (C=O) groups excluding carboxylic acids is 2. The standard InChI is InChI=1S/C23H21N3O3/c1-15-14-16-6-3-4-9-21(16)26(15)23(28)20-8-5-7-19(25-20)22(27)24-17-10-12-18(29-2)13-11-17/h3-13,15H,14H2,1-2H3,(H,24,27). The van der Waals surface area contributed by atoms with E-state index in [0.29, 0.717) is 11.4 Å². The molecular weight excluding hydrogens is 366 g/mol. The molecule has 0 saturated heterocycles. The van der Waals surface area contributed by atoms with Crippen molar-refractivity contribution in [3.8, 4) is 5.75 Å². The molecule has 6 nitrogen and oxygen atoms in total. The zero-order valence-electron chi connectivity index (χ0n) is 16.3. The van der Waals surface area contributed by atoms with Gasteiger partial charge >= 0.3 is 0 Å². The van der Waals surface area contributed by atoms with E-state index in [9.17, 15) is 9.59 Å². The molecule has 1 aliphatic rings. The second-order valence-electron chi connectivity index (χ2n) is 6.95. The summed E-state index contributed by atoms with van der Waals surface area (Å²) in [7, 11) is 1.58. The largest absolute Gasteiger partial charge is 0.497 e. The molecule has 6 heteroatoms. The van der Waals surface area contributed by atoms with Crippen LogP contribution in [0.1, 0.15) is 33.5 Å². The Morgan fingerprint density at radius 3 is 2.48 bits per heavy atom. The van der Waals surface area contributed by atoms with E-state index in [2.05, 4.69) is 10.3 Å². The van der Waals surface area contributed by atoms with Crippen LogP contribution in [0.25, 0.3) is 0 Å². The van der Waals surface area contributed by atoms with Gasteiger partial charge in [0, 0.05) is 17.4 Å². The predicted octanol–water partition coefficient (Wildman–Crippen LogP) is 3.93. The van der Waals surface area contributed by atoms with Crippen molar-refractivity contribution in [3.63, 3.8) is 0 Å². The lowest BCUT2D eigenvalue weighted by Gasteiger charge is -2.22. The number of rotatable bonds is 4. The van der Waals surface area contributed by atoms with E-state index in [1.807, 2.05) is 31.2 Å². The number of pyridine rings is 1. The number of hydrogen-bond donors (Lipinski definition) is 1. The summed E-state index contributed by atoms with van der Waals surface area (Å²) in [5.41, 5.74) is 3.10. The number of fused-ring (bicyclic) bond motifs is 1. The highest BCUT2D eigenvalue weighted by atomic mass is 16.5. The van der Waals surface area contributed by atoms with Crippen LogP contribution in [0, 0.1) is 0 Å². The van der Waals surface area contributed by atoms with Gasteiger partial charge in [0.2, 0.25) is 0 Å². The number of aromatic nitrogens is 1. The Hall–Kier alpha value is -3.67. The summed E-state index contributed by atoms with van der Waals surface area (Å²) in [6.45, 7) is 2.01. The van der Waals surface area contributed by atoms with Crippen LogP contribution in [-0.2, 0) is 6.42 Å². The zero-order valence-corrected chi connectivity index (χ0v) is 16.3. The maximum Gasteiger partial charge on any atom is 0.277 e. The Morgan fingerprint density at radius 1 is 1.00 bits per heavy atom. The average molecular weight is 387 g/mol. The van der Waals surface area contributed by atoms with E-state index in [1.165, 1.54) is 0 Å². The van der Waals surface area contributed by atoms with Crippen LogP contribution in [0.4, 0.5) is 11.4 Å². The van der Waals surface area contributed by atoms with Crippen LogP contribution in [0.3, 0.4) is 0 Å². The number of nitrogens with one attached hydrogen (secondary N) is 1. The van der Waals surface area contributed by atoms with Crippen molar-refractivity contribution in [3.05, 3.63) is 83.7 Å². The first kappa shape index (κ1) is 18.7. The number of benzene rings is 2. The minimum absolute atomic E-state index is 0.0403. The number of nitrogens with zero attached hydrogens (tertiary/aromatic N) is 2. The molecule has 29 heavy (non-hydrogen) atoms. The molecule has 2 amide bonds. The molecule has 0 radical (unpaired) electrons. The molecule has 3 aromatic rings. The number of carbonyl (C=O) groups is 2. The number of para-hydroxylation sites is 1. The van der Waals surface area contributed by atoms with Gasteiger partial charge in [0.1, 0.15) is 17.1 Å². The van der Waals surface area contributed by atoms with Crippen LogP contribution >= 0.6 is 0 Å². The van der Waals surface area contributed by atoms with Crippen molar-refractivity contribution in [2.24, 2.45) is 0 Å². The van der Waals surface area contributed by atoms with Gasteiger partial charge in [-0.15, -0.1) is 0 Å². The Bertz CT molecular complexity index is 1060. The lowest BCUT2D eigenvalue weighted by atomic mass is 10.1. The van der Waals surface area contributed by atoms with E-state index in [0.717, 1.165) is 17.7 Å². The highest BCUT2D eigenvalue weighted by Crippen LogP contribution is 2.32. The molecule has 146 valence electrons. The number of amides is 2. The minimum Gasteiger partial charge on any atom is -0.497 e. The van der Waals surface area contributed by atoms with Gasteiger partial charge < -0.3 is 15.0 Å². The second kappa shape index (κ2) is 7.75. The zero-order chi connectivity index (χ0) is 20.4. The van der Waals surface area contributed by atoms with Crippen LogP contribution in [0.15, 0.2) is 66.7 Å². The van der Waals surface area contributed by atoms with Gasteiger partial charge in [0.05, 0.1) is 7.11 Å². The van der Waals surface area contributed by atoms with Crippen molar-refractivity contribution < 1.29 is 14.3 Å². The van der Waals surface area contributed by atoms with Gasteiger partial charge in [0.15, 0.2) is 0 Å². The first-order valence-electron chi connectivity index (χ1n) is 9.41. The lowest BCUT2D eigenvalue weighted by molar-refractivity contribution is 0.0976. The van der Waals surface area contributed by atoms with E-state index in [1.54, 1.807) is 54.5 Å². The molecule has 4 rings (SSSR count). The molecule has 0 bridgehead atoms. The minimum atomic E-state index is -0.375. The Labute approximate surface area is 169 Å². The monoisotopic (exact) mass is 387 g/mol. The summed E-state index contributed by atoms with van der Waals surface area (Å²) < 4.78 is 5.12. The van der Waals surface area contributed by atoms with Gasteiger partial charge in [-0.05, 0) is 61.4 Å². The molecular formula is C23H21N3O3. The summed E-state index contributed by atoms with van der Waals surface area (Å²) in [6, 6.07) is 19.8. The van der Waals surface area contributed by atoms with Crippen molar-refractivity contribution in [2.45, 2.75) is 19.4 Å². The summed E-state index contributed by atoms with van der Waals surface area (Å²) in [4.78, 5) is 31.8. The Kier molecular flexibility index (Phi) is 4.99. The highest BCUT2D eigenvalue weighted by Gasteiger charge is 2.32. The molecule has 0 spiro atoms. The molecule has 1 aromatic heterocycles. The molecule has 0 aliphatic carbocycles. The summed E-state index contributed by atoms with van der Waals surface area (Å²) in [5, 5.41) is 2.79. The van der Waals surface area contributed by atoms with Crippen molar-refractivity contribution >= 4 is 23.2 Å². The highest BCUT2D eigenvalue weighted by molar-refractivity contribution is 6.08. The lowest BCUT2D eigenvalue weighted by Crippen LogP contribution is -2.36. The normalized spacial score (nSPS) is 15.0. The van der Waals surface area contributed by atoms with E-state index >= 15 is 0 Å². The Morgan fingerprint density at radius 2 is 1.72 bits per heavy atom. The van der Waals surface area contributed by atoms with Gasteiger partial charge in [-0.25, -0.2) is 4.98 Å². The maximum absolute atomic E-state index is 13.1. The molecule has 1 aliphatic heterocycles. The summed E-state index contributed by atoms with van der Waals surface area (Å²) >= 11 is 0. The van der Waals surface area contributed by atoms with Gasteiger partial charge in [0.25, 0.3) is 11.8 Å². The molecule has 1 unspecified atom stereocenters. The Balaban J connectivity index is 1.55. The molecule has 1 N–H and O–H groups in total. The van der Waals surface area contributed by atoms with E-state index in [-0.39, 0.29) is 29.2 Å². The first-order chi connectivity index (χ1) is 14.1. The molecule has 0 saturated carbocycles. The smallest absolute Gasteiger partial charge is 0.277 e. The number of anilines is 2. The topological polar surface area (TPSA) is 71.5 Å². The van der Waals surface area contributed by atoms with E-state index in [4.69, 9.17) is 4.74 Å². The molecule has 1 atom stereocenters. The number of ether oxygens (including phenoxy) is 1. The quantitative estimate of drug-likeness (QED) is 0.736. The maximum atomic E-state index is 13.1. The fraction of sp³-hybridized carbons (Fsp3) is 0.174. The SMILES string of the molecule is COc1ccc(NC(=O)c2cccc(C(=O)N3c4ccccc4CC3C)n2)cc1. The van der Waals surface area contributed by atoms with Gasteiger partial charge in [-0.3, -0.25) is 9.59 Å². The molecule has 0 fully saturated rings. The summed E-state index contributed by atoms with van der Waals surface area (Å²) in [5.74, 6) is 0.120. The fourth-order valence-electron chi connectivity index (χ4n) is 3.55. The average Bonchev–Trinajstić information content (AvgIpc) is 3.09. The van der Waals surface area contributed by atoms with Crippen molar-refractivity contribution in [1.29, 1.82) is 0 Å². The van der Waals surface area contributed by atoms with Crippen LogP contribution < -0.4 is 15.0 Å². The third-order valence-corrected chi connectivity index (χ3v) is 4.97. The predicted molar refractivity (Wildman–Crippen MR) is 112 cm³/mol. The molecule has 2 heterocycles. The van der Waals surface area contributed by atoms with Crippen LogP contribution in [-0.4, -0.2) is 29.9 Å². The van der Waals surface area contributed by atoms with Crippen LogP contribution in [0.2, 0.25) is 0 Å². The summed E-state index contributed by atoms with van der Waals surface area (Å²) in [6.07, 6.45) is 0.805. The van der Waals surface area contributed by atoms with Gasteiger partial charge in [-0.1, -0.05) is 24.3 Å². The van der Waals surface area contributed by atoms with Gasteiger partial charge in [-0.2, -0.15) is 0 Å². The van der Waals surface area contributed by atoms with Crippen LogP contribution in [0.5, 0.6) is 5.75 Å². The third-order valence-electron chi connectivity index (χ3n) is 4.97. The first-order valence-corrected chi connectivity index (χ1v) is 9.41. The van der Waals surface area contributed by atoms with E-state index < -0.39 is 0 Å². The number of hydrogen-bond acceptors (Lipinski definition) is 4. The fourth-order valence-corrected chi connectivity index (χ4v) is 3.55. The molecule has 2 aromatic carbocycles. The van der Waals surface area contributed by atoms with Crippen molar-refractivity contribution in [2.75, 3.05) is 17.3 Å². The second-order valence-corrected chi connectivity index (χ2v) is 6.95. The third kappa shape index (κ3) is 3.69. The number of methoxy groups -OCH3 is 1.